The van der Waals surface area contributed by atoms with Crippen LogP contribution in [-0.4, -0.2) is 44.4 Å². The maximum atomic E-state index is 12.3. The zero-order valence-corrected chi connectivity index (χ0v) is 17.1. The van der Waals surface area contributed by atoms with Gasteiger partial charge in [0, 0.05) is 0 Å². The van der Waals surface area contributed by atoms with E-state index in [4.69, 9.17) is 14.2 Å². The van der Waals surface area contributed by atoms with Crippen LogP contribution < -0.4 is 24.5 Å². The van der Waals surface area contributed by atoms with Gasteiger partial charge in [-0.3, -0.25) is 14.5 Å². The van der Waals surface area contributed by atoms with Crippen LogP contribution in [-0.2, 0) is 9.59 Å². The third-order valence-corrected chi connectivity index (χ3v) is 4.24. The van der Waals surface area contributed by atoms with Crippen LogP contribution >= 0.6 is 0 Å². The Bertz CT molecular complexity index is 929. The largest absolute Gasteiger partial charge is 0.490 e. The monoisotopic (exact) mass is 411 g/mol. The summed E-state index contributed by atoms with van der Waals surface area (Å²) in [5.41, 5.74) is 3.77. The second-order valence-electron chi connectivity index (χ2n) is 6.52. The van der Waals surface area contributed by atoms with E-state index in [1.807, 2.05) is 32.0 Å². The molecule has 2 aromatic rings. The van der Waals surface area contributed by atoms with Crippen molar-refractivity contribution in [2.75, 3.05) is 31.3 Å². The molecule has 1 aliphatic heterocycles. The van der Waals surface area contributed by atoms with Gasteiger partial charge in [0.05, 0.1) is 25.1 Å². The number of para-hydroxylation sites is 2. The number of benzene rings is 2. The van der Waals surface area contributed by atoms with Gasteiger partial charge in [-0.05, 0) is 49.2 Å². The number of hydrazone groups is 1. The standard InChI is InChI=1S/C22H25N3O5/c1-3-11-29-19-10-9-16(12-20(19)28-4-2)13-23-24-21(26)14-25-17-7-5-6-8-18(17)30-15-22(25)27/h5-10,12-13H,3-4,11,14-15H2,1-2H3,(H,24,26)/b23-13-. The lowest BCUT2D eigenvalue weighted by atomic mass is 10.2. The van der Waals surface area contributed by atoms with Gasteiger partial charge in [-0.25, -0.2) is 5.43 Å². The molecule has 2 amide bonds. The molecular formula is C22H25N3O5. The number of fused-ring (bicyclic) bond motifs is 1. The fraction of sp³-hybridized carbons (Fsp3) is 0.318. The summed E-state index contributed by atoms with van der Waals surface area (Å²) < 4.78 is 16.7. The quantitative estimate of drug-likeness (QED) is 0.506. The van der Waals surface area contributed by atoms with Gasteiger partial charge in [-0.15, -0.1) is 0 Å². The van der Waals surface area contributed by atoms with Crippen molar-refractivity contribution in [3.8, 4) is 17.2 Å². The Balaban J connectivity index is 1.62. The minimum Gasteiger partial charge on any atom is -0.490 e. The van der Waals surface area contributed by atoms with E-state index in [0.29, 0.717) is 36.1 Å². The van der Waals surface area contributed by atoms with Crippen LogP contribution in [0.4, 0.5) is 5.69 Å². The molecule has 8 heteroatoms. The van der Waals surface area contributed by atoms with Gasteiger partial charge in [0.25, 0.3) is 11.8 Å². The van der Waals surface area contributed by atoms with E-state index in [1.54, 1.807) is 24.3 Å². The molecule has 2 aromatic carbocycles. The third-order valence-electron chi connectivity index (χ3n) is 4.24. The molecule has 0 saturated carbocycles. The third kappa shape index (κ3) is 5.28. The van der Waals surface area contributed by atoms with E-state index in [-0.39, 0.29) is 19.1 Å². The SMILES string of the molecule is CCCOc1ccc(/C=N\NC(=O)CN2C(=O)COc3ccccc32)cc1OCC. The van der Waals surface area contributed by atoms with Crippen LogP contribution in [0.2, 0.25) is 0 Å². The number of carbonyl (C=O) groups excluding carboxylic acids is 2. The van der Waals surface area contributed by atoms with Crippen molar-refractivity contribution in [3.05, 3.63) is 48.0 Å². The molecule has 0 spiro atoms. The van der Waals surface area contributed by atoms with Gasteiger partial charge in [-0.2, -0.15) is 5.10 Å². The first kappa shape index (κ1) is 21.2. The van der Waals surface area contributed by atoms with E-state index >= 15 is 0 Å². The lowest BCUT2D eigenvalue weighted by Gasteiger charge is -2.28. The summed E-state index contributed by atoms with van der Waals surface area (Å²) in [5, 5.41) is 3.99. The van der Waals surface area contributed by atoms with Crippen LogP contribution in [0.3, 0.4) is 0 Å². The summed E-state index contributed by atoms with van der Waals surface area (Å²) in [6.07, 6.45) is 2.41. The molecule has 0 radical (unpaired) electrons. The van der Waals surface area contributed by atoms with Crippen molar-refractivity contribution < 1.29 is 23.8 Å². The Labute approximate surface area is 175 Å². The molecule has 1 aliphatic rings. The predicted molar refractivity (Wildman–Crippen MR) is 113 cm³/mol. The summed E-state index contributed by atoms with van der Waals surface area (Å²) in [6.45, 7) is 4.80. The highest BCUT2D eigenvalue weighted by atomic mass is 16.5. The number of anilines is 1. The maximum absolute atomic E-state index is 12.3. The fourth-order valence-corrected chi connectivity index (χ4v) is 2.89. The minimum absolute atomic E-state index is 0.0970. The van der Waals surface area contributed by atoms with Gasteiger partial charge in [0.15, 0.2) is 18.1 Å². The normalized spacial score (nSPS) is 13.0. The molecule has 1 N–H and O–H groups in total. The van der Waals surface area contributed by atoms with Gasteiger partial charge < -0.3 is 14.2 Å². The minimum atomic E-state index is -0.413. The van der Waals surface area contributed by atoms with Crippen molar-refractivity contribution >= 4 is 23.7 Å². The summed E-state index contributed by atoms with van der Waals surface area (Å²) in [7, 11) is 0. The van der Waals surface area contributed by atoms with Gasteiger partial charge in [0.1, 0.15) is 12.3 Å². The molecule has 0 fully saturated rings. The molecule has 0 bridgehead atoms. The zero-order valence-electron chi connectivity index (χ0n) is 17.1. The molecule has 0 aromatic heterocycles. The molecular weight excluding hydrogens is 386 g/mol. The molecule has 0 unspecified atom stereocenters. The number of nitrogens with zero attached hydrogens (tertiary/aromatic N) is 2. The van der Waals surface area contributed by atoms with E-state index < -0.39 is 5.91 Å². The number of amides is 2. The maximum Gasteiger partial charge on any atom is 0.265 e. The molecule has 0 aliphatic carbocycles. The average molecular weight is 411 g/mol. The molecule has 158 valence electrons. The number of nitrogens with one attached hydrogen (secondary N) is 1. The molecule has 0 saturated heterocycles. The van der Waals surface area contributed by atoms with Crippen LogP contribution in [0, 0.1) is 0 Å². The van der Waals surface area contributed by atoms with Crippen LogP contribution in [0.25, 0.3) is 0 Å². The Kier molecular flexibility index (Phi) is 7.26. The van der Waals surface area contributed by atoms with Crippen molar-refractivity contribution in [2.45, 2.75) is 20.3 Å². The fourth-order valence-electron chi connectivity index (χ4n) is 2.89. The van der Waals surface area contributed by atoms with Gasteiger partial charge in [0.2, 0.25) is 0 Å². The summed E-state index contributed by atoms with van der Waals surface area (Å²) in [4.78, 5) is 25.8. The molecule has 8 nitrogen and oxygen atoms in total. The van der Waals surface area contributed by atoms with E-state index in [2.05, 4.69) is 10.5 Å². The first-order valence-electron chi connectivity index (χ1n) is 9.86. The highest BCUT2D eigenvalue weighted by Gasteiger charge is 2.26. The van der Waals surface area contributed by atoms with E-state index in [0.717, 1.165) is 12.0 Å². The van der Waals surface area contributed by atoms with Crippen LogP contribution in [0.15, 0.2) is 47.6 Å². The number of carbonyl (C=O) groups is 2. The Morgan fingerprint density at radius 3 is 2.83 bits per heavy atom. The second kappa shape index (κ2) is 10.3. The highest BCUT2D eigenvalue weighted by molar-refractivity contribution is 6.02. The van der Waals surface area contributed by atoms with Crippen molar-refractivity contribution in [3.63, 3.8) is 0 Å². The molecule has 0 atom stereocenters. The van der Waals surface area contributed by atoms with E-state index in [1.165, 1.54) is 11.1 Å². The summed E-state index contributed by atoms with van der Waals surface area (Å²) >= 11 is 0. The Morgan fingerprint density at radius 1 is 1.20 bits per heavy atom. The van der Waals surface area contributed by atoms with Gasteiger partial charge >= 0.3 is 0 Å². The number of hydrogen-bond acceptors (Lipinski definition) is 6. The smallest absolute Gasteiger partial charge is 0.265 e. The molecule has 3 rings (SSSR count). The predicted octanol–water partition coefficient (Wildman–Crippen LogP) is 2.75. The number of hydrogen-bond donors (Lipinski definition) is 1. The van der Waals surface area contributed by atoms with E-state index in [9.17, 15) is 9.59 Å². The Hall–Kier alpha value is -3.55. The summed E-state index contributed by atoms with van der Waals surface area (Å²) in [6, 6.07) is 12.5. The first-order chi connectivity index (χ1) is 14.6. The highest BCUT2D eigenvalue weighted by Crippen LogP contribution is 2.31. The molecule has 30 heavy (non-hydrogen) atoms. The van der Waals surface area contributed by atoms with Crippen molar-refractivity contribution in [1.29, 1.82) is 0 Å². The van der Waals surface area contributed by atoms with Crippen LogP contribution in [0.1, 0.15) is 25.8 Å². The second-order valence-corrected chi connectivity index (χ2v) is 6.52. The zero-order chi connectivity index (χ0) is 21.3. The average Bonchev–Trinajstić information content (AvgIpc) is 2.75. The summed E-state index contributed by atoms with van der Waals surface area (Å²) in [5.74, 6) is 1.17. The Morgan fingerprint density at radius 2 is 2.03 bits per heavy atom. The first-order valence-corrected chi connectivity index (χ1v) is 9.86. The van der Waals surface area contributed by atoms with Crippen molar-refractivity contribution in [2.24, 2.45) is 5.10 Å². The molecule has 1 heterocycles. The lowest BCUT2D eigenvalue weighted by Crippen LogP contribution is -2.44. The topological polar surface area (TPSA) is 89.5 Å². The van der Waals surface area contributed by atoms with Crippen molar-refractivity contribution in [1.82, 2.24) is 5.43 Å². The van der Waals surface area contributed by atoms with Gasteiger partial charge in [-0.1, -0.05) is 19.1 Å². The number of rotatable bonds is 9. The van der Waals surface area contributed by atoms with Crippen LogP contribution in [0.5, 0.6) is 17.2 Å². The number of ether oxygens (including phenoxy) is 3. The lowest BCUT2D eigenvalue weighted by molar-refractivity contribution is -0.125.